The van der Waals surface area contributed by atoms with E-state index in [9.17, 15) is 48.3 Å². The average molecular weight is 1220 g/mol. The normalized spacial score (nSPS) is 30.6. The molecule has 87 heavy (non-hydrogen) atoms. The number of carbonyl (C=O) groups excluding carboxylic acids is 9. The number of benzene rings is 2. The quantitative estimate of drug-likeness (QED) is 0.0160. The minimum absolute atomic E-state index is 0.0378. The highest BCUT2D eigenvalue weighted by atomic mass is 32.2. The summed E-state index contributed by atoms with van der Waals surface area (Å²) in [7, 11) is 2.35. The lowest BCUT2D eigenvalue weighted by molar-refractivity contribution is -0.960. The molecular formula is C67H94N7O12S+. The van der Waals surface area contributed by atoms with Gasteiger partial charge in [-0.1, -0.05) is 78.3 Å². The molecule has 0 spiro atoms. The first-order valence-electron chi connectivity index (χ1n) is 31.6. The molecule has 7 N–H and O–H groups in total. The molecule has 2 aromatic rings. The number of amides is 7. The number of unbranched alkanes of at least 4 members (excludes halogenated alkanes) is 2. The predicted octanol–water partition coefficient (Wildman–Crippen LogP) is 9.30. The van der Waals surface area contributed by atoms with Crippen LogP contribution in [0.1, 0.15) is 155 Å². The molecule has 5 fully saturated rings. The monoisotopic (exact) mass is 1220 g/mol. The van der Waals surface area contributed by atoms with Crippen molar-refractivity contribution in [2.75, 3.05) is 36.5 Å². The van der Waals surface area contributed by atoms with Crippen molar-refractivity contribution in [3.63, 3.8) is 0 Å². The van der Waals surface area contributed by atoms with E-state index in [0.717, 1.165) is 66.4 Å². The van der Waals surface area contributed by atoms with Crippen molar-refractivity contribution in [3.05, 3.63) is 84.5 Å². The van der Waals surface area contributed by atoms with Crippen molar-refractivity contribution in [2.45, 2.75) is 193 Å². The Balaban J connectivity index is 0.775. The zero-order valence-electron chi connectivity index (χ0n) is 52.1. The number of esters is 1. The third kappa shape index (κ3) is 15.2. The van der Waals surface area contributed by atoms with E-state index in [0.29, 0.717) is 72.8 Å². The predicted molar refractivity (Wildman–Crippen MR) is 333 cm³/mol. The van der Waals surface area contributed by atoms with Crippen molar-refractivity contribution in [2.24, 2.45) is 51.6 Å². The van der Waals surface area contributed by atoms with Crippen LogP contribution in [0.5, 0.6) is 0 Å². The molecule has 2 saturated heterocycles. The molecule has 7 amide bonds. The fraction of sp³-hybridized carbons (Fsp3) is 0.627. The number of hydrogen-bond donors (Lipinski definition) is 6. The maximum atomic E-state index is 14.0. The number of hydrogen-bond acceptors (Lipinski definition) is 13. The number of carbonyl (C=O) groups is 9. The van der Waals surface area contributed by atoms with Gasteiger partial charge in [0.25, 0.3) is 11.8 Å². The number of aliphatic hydroxyl groups is 1. The summed E-state index contributed by atoms with van der Waals surface area (Å²) in [5.41, 5.74) is 6.59. The van der Waals surface area contributed by atoms with Gasteiger partial charge in [0.15, 0.2) is 5.78 Å². The van der Waals surface area contributed by atoms with Crippen LogP contribution in [0.3, 0.4) is 0 Å². The molecule has 4 bridgehead atoms. The van der Waals surface area contributed by atoms with Gasteiger partial charge in [0.1, 0.15) is 25.0 Å². The Kier molecular flexibility index (Phi) is 21.7. The second-order valence-electron chi connectivity index (χ2n) is 27.0. The second-order valence-corrected chi connectivity index (χ2v) is 28.3. The van der Waals surface area contributed by atoms with Gasteiger partial charge < -0.3 is 40.7 Å². The van der Waals surface area contributed by atoms with E-state index in [1.54, 1.807) is 36.0 Å². The SMILES string of the molecule is C=C[C@]1(C)C[C@@H](OC(=O)CSC2CC3CCC(C2)[N+]3(C)Cc2ccc(NC(=O)OCc3ccc(NC(=O)[C@H](CCCNC(N)=O)CC(=O)[C@@H](NC(=O)CCCCCN4C(=O)C=CC4=O)C(C)C)cc3)cc2)[C@]2(C)C(C)CCC3(CCC(=O)[C@H]32)C(C)[C@@H]1O. The van der Waals surface area contributed by atoms with Gasteiger partial charge in [0, 0.05) is 115 Å². The highest BCUT2D eigenvalue weighted by molar-refractivity contribution is 8.00. The lowest BCUT2D eigenvalue weighted by Crippen LogP contribution is -2.63. The van der Waals surface area contributed by atoms with Gasteiger partial charge in [-0.05, 0) is 104 Å². The smallest absolute Gasteiger partial charge is 0.411 e. The maximum Gasteiger partial charge on any atom is 0.411 e. The van der Waals surface area contributed by atoms with Gasteiger partial charge in [-0.3, -0.25) is 43.8 Å². The van der Waals surface area contributed by atoms with Crippen LogP contribution in [0.25, 0.3) is 0 Å². The fourth-order valence-corrected chi connectivity index (χ4v) is 16.9. The van der Waals surface area contributed by atoms with Gasteiger partial charge in [-0.2, -0.15) is 0 Å². The number of rotatable bonds is 27. The number of nitrogens with zero attached hydrogens (tertiary/aromatic N) is 2. The van der Waals surface area contributed by atoms with Crippen molar-refractivity contribution >= 4 is 76.4 Å². The number of thioether (sulfide) groups is 1. The molecule has 12 atom stereocenters. The second kappa shape index (κ2) is 28.4. The molecule has 3 heterocycles. The zero-order valence-corrected chi connectivity index (χ0v) is 52.9. The number of urea groups is 1. The van der Waals surface area contributed by atoms with Gasteiger partial charge in [0.2, 0.25) is 11.8 Å². The Hall–Kier alpha value is -6.38. The molecule has 20 heteroatoms. The van der Waals surface area contributed by atoms with Crippen molar-refractivity contribution in [3.8, 4) is 0 Å². The largest absolute Gasteiger partial charge is 0.461 e. The van der Waals surface area contributed by atoms with Gasteiger partial charge in [-0.25, -0.2) is 9.59 Å². The van der Waals surface area contributed by atoms with Crippen LogP contribution < -0.4 is 27.0 Å². The highest BCUT2D eigenvalue weighted by Gasteiger charge is 2.68. The minimum atomic E-state index is -0.845. The van der Waals surface area contributed by atoms with Gasteiger partial charge in [0.05, 0.1) is 37.0 Å². The summed E-state index contributed by atoms with van der Waals surface area (Å²) in [4.78, 5) is 118. The van der Waals surface area contributed by atoms with Crippen LogP contribution in [0.4, 0.5) is 21.0 Å². The van der Waals surface area contributed by atoms with E-state index >= 15 is 0 Å². The molecule has 6 aliphatic rings. The third-order valence-corrected chi connectivity index (χ3v) is 22.5. The van der Waals surface area contributed by atoms with E-state index in [-0.39, 0.29) is 109 Å². The molecule has 5 unspecified atom stereocenters. The molecule has 474 valence electrons. The highest BCUT2D eigenvalue weighted by Crippen LogP contribution is 2.68. The first-order valence-corrected chi connectivity index (χ1v) is 32.7. The van der Waals surface area contributed by atoms with Crippen LogP contribution >= 0.6 is 11.8 Å². The average Bonchev–Trinajstić information content (AvgIpc) is 1.16. The Morgan fingerprint density at radius 3 is 2.15 bits per heavy atom. The molecule has 3 saturated carbocycles. The van der Waals surface area contributed by atoms with Gasteiger partial charge >= 0.3 is 18.1 Å². The molecule has 19 nitrogen and oxygen atoms in total. The standard InChI is InChI=1S/C67H93N7O12S/c1-9-65(6)37-54(66(7)42(4)28-30-67(43(5)61(65)81)31-29-52(75)60(66)67)86-58(80)40-87-51-35-49-24-25-50(36-51)74(49,8)38-44-16-20-48(21-17-44)71-64(84)85-39-45-18-22-47(23-19-45)70-62(82)46(14-13-32-69-63(68)83)34-53(76)59(41(2)3)72-55(77)15-11-10-12-33-73-56(78)26-27-57(73)79/h9,16-23,26-27,41-43,46,49-51,54,59-61,81H,1,10-15,24-25,28-40H2,2-8H3,(H5-,68,69,70,71,72,77,82,83,84)/p+1/t42?,43?,46-,49?,50?,51?,54-,59+,60+,61+,65-,66+,67?,74?/m1/s1. The van der Waals surface area contributed by atoms with E-state index in [2.05, 4.69) is 55.7 Å². The fourth-order valence-electron chi connectivity index (χ4n) is 15.8. The van der Waals surface area contributed by atoms with Gasteiger partial charge in [-0.15, -0.1) is 18.3 Å². The lowest BCUT2D eigenvalue weighted by Gasteiger charge is -2.61. The molecule has 3 aliphatic carbocycles. The number of ketones is 2. The number of piperidine rings is 1. The molecule has 0 radical (unpaired) electrons. The Labute approximate surface area is 517 Å². The summed E-state index contributed by atoms with van der Waals surface area (Å²) in [5.74, 6) is -2.72. The van der Waals surface area contributed by atoms with Crippen LogP contribution in [0.2, 0.25) is 0 Å². The van der Waals surface area contributed by atoms with Crippen LogP contribution in [-0.4, -0.2) is 129 Å². The lowest BCUT2D eigenvalue weighted by atomic mass is 9.44. The Bertz CT molecular complexity index is 2890. The number of anilines is 2. The molecule has 3 aliphatic heterocycles. The number of Topliss-reactive ketones (excluding diaryl/α,β-unsaturated/α-hetero) is 2. The maximum absolute atomic E-state index is 14.0. The zero-order chi connectivity index (χ0) is 63.0. The number of aliphatic hydroxyl groups excluding tert-OH is 1. The van der Waals surface area contributed by atoms with Crippen LogP contribution in [-0.2, 0) is 56.2 Å². The minimum Gasteiger partial charge on any atom is -0.461 e. The van der Waals surface area contributed by atoms with E-state index in [1.807, 2.05) is 51.1 Å². The summed E-state index contributed by atoms with van der Waals surface area (Å²) >= 11 is 1.70. The number of ether oxygens (including phenoxy) is 2. The summed E-state index contributed by atoms with van der Waals surface area (Å²) in [6.45, 7) is 17.6. The number of nitrogens with one attached hydrogen (secondary N) is 4. The summed E-state index contributed by atoms with van der Waals surface area (Å²) in [6, 6.07) is 14.0. The summed E-state index contributed by atoms with van der Waals surface area (Å²) in [6.07, 6.45) is 12.4. The van der Waals surface area contributed by atoms with Crippen molar-refractivity contribution < 1.29 is 62.2 Å². The summed E-state index contributed by atoms with van der Waals surface area (Å²) in [5, 5.41) is 23.3. The van der Waals surface area contributed by atoms with Crippen molar-refractivity contribution in [1.82, 2.24) is 15.5 Å². The number of primary amides is 1. The molecule has 8 rings (SSSR count). The summed E-state index contributed by atoms with van der Waals surface area (Å²) < 4.78 is 13.1. The van der Waals surface area contributed by atoms with E-state index in [4.69, 9.17) is 15.2 Å². The number of fused-ring (bicyclic) bond motifs is 2. The Morgan fingerprint density at radius 2 is 1.52 bits per heavy atom. The molecule has 0 aromatic heterocycles. The number of imide groups is 1. The molecule has 2 aromatic carbocycles. The molecular weight excluding hydrogens is 1130 g/mol. The first-order chi connectivity index (χ1) is 41.3. The van der Waals surface area contributed by atoms with Crippen LogP contribution in [0, 0.1) is 45.8 Å². The third-order valence-electron chi connectivity index (χ3n) is 21.3. The number of nitrogens with two attached hydrogens (primary N) is 1. The first kappa shape index (κ1) is 66.6. The van der Waals surface area contributed by atoms with Crippen molar-refractivity contribution in [1.29, 1.82) is 0 Å². The Morgan fingerprint density at radius 1 is 0.874 bits per heavy atom. The van der Waals surface area contributed by atoms with Crippen LogP contribution in [0.15, 0.2) is 73.3 Å². The van der Waals surface area contributed by atoms with E-state index in [1.165, 1.54) is 12.2 Å². The topological polar surface area (TPSA) is 270 Å². The number of quaternary nitrogens is 1. The van der Waals surface area contributed by atoms with E-state index < -0.39 is 53.0 Å².